The fourth-order valence-electron chi connectivity index (χ4n) is 2.50. The normalized spacial score (nSPS) is 12.7. The Balaban J connectivity index is 2.09. The van der Waals surface area contributed by atoms with Crippen LogP contribution in [0, 0.1) is 0 Å². The maximum absolute atomic E-state index is 5.61. The second kappa shape index (κ2) is 5.88. The van der Waals surface area contributed by atoms with E-state index in [1.54, 1.807) is 6.26 Å². The van der Waals surface area contributed by atoms with Gasteiger partial charge >= 0.3 is 0 Å². The molecule has 1 N–H and O–H groups in total. The molecule has 1 unspecified atom stereocenters. The summed E-state index contributed by atoms with van der Waals surface area (Å²) in [5.41, 5.74) is 1.21. The lowest BCUT2D eigenvalue weighted by Crippen LogP contribution is -2.23. The molecular weight excluding hydrogens is 248 g/mol. The van der Waals surface area contributed by atoms with Crippen molar-refractivity contribution in [3.8, 4) is 0 Å². The first-order chi connectivity index (χ1) is 9.90. The number of rotatable bonds is 5. The molecule has 0 amide bonds. The summed E-state index contributed by atoms with van der Waals surface area (Å²) in [6, 6.07) is 12.4. The Hall–Kier alpha value is -2.13. The van der Waals surface area contributed by atoms with Gasteiger partial charge in [0.25, 0.3) is 0 Å². The third kappa shape index (κ3) is 2.45. The van der Waals surface area contributed by atoms with E-state index in [-0.39, 0.29) is 6.04 Å². The molecule has 0 aliphatic carbocycles. The van der Waals surface area contributed by atoms with Crippen molar-refractivity contribution < 1.29 is 4.42 Å². The van der Waals surface area contributed by atoms with E-state index in [0.717, 1.165) is 18.7 Å². The van der Waals surface area contributed by atoms with E-state index in [4.69, 9.17) is 4.42 Å². The largest absolute Gasteiger partial charge is 0.467 e. The molecule has 20 heavy (non-hydrogen) atoms. The lowest BCUT2D eigenvalue weighted by molar-refractivity contribution is 0.448. The van der Waals surface area contributed by atoms with Crippen molar-refractivity contribution in [1.82, 2.24) is 10.3 Å². The van der Waals surface area contributed by atoms with Gasteiger partial charge in [-0.25, -0.2) is 0 Å². The molecule has 1 atom stereocenters. The van der Waals surface area contributed by atoms with Crippen molar-refractivity contribution >= 4 is 10.8 Å². The van der Waals surface area contributed by atoms with Gasteiger partial charge in [-0.15, -0.1) is 0 Å². The van der Waals surface area contributed by atoms with Crippen LogP contribution in [0.15, 0.2) is 59.5 Å². The van der Waals surface area contributed by atoms with Gasteiger partial charge in [0.1, 0.15) is 5.76 Å². The zero-order chi connectivity index (χ0) is 13.8. The van der Waals surface area contributed by atoms with E-state index in [1.165, 1.54) is 16.3 Å². The van der Waals surface area contributed by atoms with Gasteiger partial charge < -0.3 is 9.73 Å². The Bertz CT molecular complexity index is 671. The molecule has 0 fully saturated rings. The van der Waals surface area contributed by atoms with E-state index >= 15 is 0 Å². The van der Waals surface area contributed by atoms with Crippen LogP contribution < -0.4 is 5.32 Å². The summed E-state index contributed by atoms with van der Waals surface area (Å²) in [7, 11) is 0. The molecule has 2 heterocycles. The third-order valence-electron chi connectivity index (χ3n) is 3.45. The molecule has 3 heteroatoms. The minimum absolute atomic E-state index is 0.0675. The summed E-state index contributed by atoms with van der Waals surface area (Å²) < 4.78 is 5.61. The average Bonchev–Trinajstić information content (AvgIpc) is 3.02. The Morgan fingerprint density at radius 1 is 1.20 bits per heavy atom. The predicted octanol–water partition coefficient (Wildman–Crippen LogP) is 3.92. The summed E-state index contributed by atoms with van der Waals surface area (Å²) >= 11 is 0. The van der Waals surface area contributed by atoms with Crippen molar-refractivity contribution in [3.05, 3.63) is 66.4 Å². The molecule has 3 rings (SSSR count). The summed E-state index contributed by atoms with van der Waals surface area (Å²) in [5, 5.41) is 5.93. The number of hydrogen-bond donors (Lipinski definition) is 1. The Morgan fingerprint density at radius 3 is 2.95 bits per heavy atom. The summed E-state index contributed by atoms with van der Waals surface area (Å²) in [6.07, 6.45) is 6.56. The predicted molar refractivity (Wildman–Crippen MR) is 80.6 cm³/mol. The van der Waals surface area contributed by atoms with Gasteiger partial charge in [0, 0.05) is 17.8 Å². The Labute approximate surface area is 118 Å². The van der Waals surface area contributed by atoms with Crippen LogP contribution in [-0.4, -0.2) is 11.5 Å². The van der Waals surface area contributed by atoms with E-state index in [9.17, 15) is 0 Å². The molecule has 1 aromatic carbocycles. The SMILES string of the molecule is CCCNC(c1ccco1)c1cccc2ccncc12. The second-order valence-corrected chi connectivity index (χ2v) is 4.85. The Kier molecular flexibility index (Phi) is 3.79. The first-order valence-corrected chi connectivity index (χ1v) is 6.99. The van der Waals surface area contributed by atoms with E-state index in [2.05, 4.69) is 35.4 Å². The van der Waals surface area contributed by atoms with Crippen LogP contribution in [0.4, 0.5) is 0 Å². The Morgan fingerprint density at radius 2 is 2.15 bits per heavy atom. The maximum Gasteiger partial charge on any atom is 0.125 e. The molecule has 0 saturated heterocycles. The number of nitrogens with zero attached hydrogens (tertiary/aromatic N) is 1. The molecule has 0 aliphatic rings. The summed E-state index contributed by atoms with van der Waals surface area (Å²) in [5.74, 6) is 0.940. The number of aromatic nitrogens is 1. The van der Waals surface area contributed by atoms with Crippen molar-refractivity contribution in [2.75, 3.05) is 6.54 Å². The van der Waals surface area contributed by atoms with Gasteiger partial charge in [-0.1, -0.05) is 25.1 Å². The van der Waals surface area contributed by atoms with Gasteiger partial charge in [-0.3, -0.25) is 4.98 Å². The standard InChI is InChI=1S/C17H18N2O/c1-2-9-19-17(16-7-4-11-20-16)14-6-3-5-13-8-10-18-12-15(13)14/h3-8,10-12,17,19H,2,9H2,1H3. The van der Waals surface area contributed by atoms with Crippen LogP contribution in [0.1, 0.15) is 30.7 Å². The highest BCUT2D eigenvalue weighted by Crippen LogP contribution is 2.28. The number of benzene rings is 1. The van der Waals surface area contributed by atoms with Crippen molar-refractivity contribution in [2.45, 2.75) is 19.4 Å². The van der Waals surface area contributed by atoms with Crippen LogP contribution in [0.25, 0.3) is 10.8 Å². The van der Waals surface area contributed by atoms with Gasteiger partial charge in [-0.05, 0) is 42.1 Å². The van der Waals surface area contributed by atoms with Gasteiger partial charge in [-0.2, -0.15) is 0 Å². The second-order valence-electron chi connectivity index (χ2n) is 4.85. The molecular formula is C17H18N2O. The quantitative estimate of drug-likeness (QED) is 0.760. The minimum atomic E-state index is 0.0675. The van der Waals surface area contributed by atoms with Crippen LogP contribution in [0.2, 0.25) is 0 Å². The lowest BCUT2D eigenvalue weighted by Gasteiger charge is -2.18. The molecule has 0 spiro atoms. The molecule has 3 nitrogen and oxygen atoms in total. The highest BCUT2D eigenvalue weighted by atomic mass is 16.3. The average molecular weight is 266 g/mol. The molecule has 2 aromatic heterocycles. The van der Waals surface area contributed by atoms with Gasteiger partial charge in [0.2, 0.25) is 0 Å². The van der Waals surface area contributed by atoms with E-state index in [1.807, 2.05) is 30.6 Å². The molecule has 0 saturated carbocycles. The topological polar surface area (TPSA) is 38.1 Å². The fraction of sp³-hybridized carbons (Fsp3) is 0.235. The third-order valence-corrected chi connectivity index (χ3v) is 3.45. The molecule has 0 radical (unpaired) electrons. The number of fused-ring (bicyclic) bond motifs is 1. The summed E-state index contributed by atoms with van der Waals surface area (Å²) in [4.78, 5) is 4.26. The van der Waals surface area contributed by atoms with Gasteiger partial charge in [0.05, 0.1) is 12.3 Å². The summed E-state index contributed by atoms with van der Waals surface area (Å²) in [6.45, 7) is 3.11. The first kappa shape index (κ1) is 12.9. The van der Waals surface area contributed by atoms with Crippen LogP contribution in [-0.2, 0) is 0 Å². The zero-order valence-electron chi connectivity index (χ0n) is 11.5. The minimum Gasteiger partial charge on any atom is -0.467 e. The molecule has 102 valence electrons. The molecule has 0 aliphatic heterocycles. The van der Waals surface area contributed by atoms with Crippen molar-refractivity contribution in [1.29, 1.82) is 0 Å². The highest BCUT2D eigenvalue weighted by Gasteiger charge is 2.18. The number of hydrogen-bond acceptors (Lipinski definition) is 3. The monoisotopic (exact) mass is 266 g/mol. The van der Waals surface area contributed by atoms with Crippen molar-refractivity contribution in [2.24, 2.45) is 0 Å². The first-order valence-electron chi connectivity index (χ1n) is 6.99. The zero-order valence-corrected chi connectivity index (χ0v) is 11.5. The van der Waals surface area contributed by atoms with Crippen molar-refractivity contribution in [3.63, 3.8) is 0 Å². The maximum atomic E-state index is 5.61. The van der Waals surface area contributed by atoms with Gasteiger partial charge in [0.15, 0.2) is 0 Å². The number of furan rings is 1. The van der Waals surface area contributed by atoms with E-state index < -0.39 is 0 Å². The molecule has 3 aromatic rings. The number of pyridine rings is 1. The highest BCUT2D eigenvalue weighted by molar-refractivity contribution is 5.85. The van der Waals surface area contributed by atoms with Crippen LogP contribution >= 0.6 is 0 Å². The van der Waals surface area contributed by atoms with E-state index in [0.29, 0.717) is 0 Å². The lowest BCUT2D eigenvalue weighted by atomic mass is 9.98. The van der Waals surface area contributed by atoms with Crippen LogP contribution in [0.3, 0.4) is 0 Å². The fourth-order valence-corrected chi connectivity index (χ4v) is 2.50. The number of nitrogens with one attached hydrogen (secondary N) is 1. The van der Waals surface area contributed by atoms with Crippen LogP contribution in [0.5, 0.6) is 0 Å². The molecule has 0 bridgehead atoms. The smallest absolute Gasteiger partial charge is 0.125 e.